The average Bonchev–Trinajstić information content (AvgIpc) is 2.52. The Balaban J connectivity index is 1.94. The lowest BCUT2D eigenvalue weighted by molar-refractivity contribution is -0.126. The molecule has 0 unspecified atom stereocenters. The minimum atomic E-state index is 0.186. The number of hydrogen-bond donors (Lipinski definition) is 2. The number of hydrogen-bond acceptors (Lipinski definition) is 2. The van der Waals surface area contributed by atoms with Gasteiger partial charge in [-0.25, -0.2) is 0 Å². The molecule has 0 spiro atoms. The van der Waals surface area contributed by atoms with Gasteiger partial charge in [-0.3, -0.25) is 4.79 Å². The van der Waals surface area contributed by atoms with Gasteiger partial charge in [-0.15, -0.1) is 0 Å². The molecule has 1 aliphatic rings. The Morgan fingerprint density at radius 3 is 2.75 bits per heavy atom. The van der Waals surface area contributed by atoms with E-state index < -0.39 is 0 Å². The van der Waals surface area contributed by atoms with Crippen LogP contribution in [0.2, 0.25) is 0 Å². The van der Waals surface area contributed by atoms with Gasteiger partial charge in [-0.1, -0.05) is 49.3 Å². The molecule has 1 amide bonds. The first kappa shape index (κ1) is 14.6. The van der Waals surface area contributed by atoms with Gasteiger partial charge in [0, 0.05) is 18.0 Å². The number of benzene rings is 1. The Morgan fingerprint density at radius 2 is 2.00 bits per heavy atom. The smallest absolute Gasteiger partial charge is 0.223 e. The van der Waals surface area contributed by atoms with E-state index in [1.54, 1.807) is 0 Å². The summed E-state index contributed by atoms with van der Waals surface area (Å²) in [4.78, 5) is 12.1. The topological polar surface area (TPSA) is 55.1 Å². The van der Waals surface area contributed by atoms with Gasteiger partial charge < -0.3 is 11.1 Å². The van der Waals surface area contributed by atoms with Crippen LogP contribution in [-0.4, -0.2) is 12.5 Å². The van der Waals surface area contributed by atoms with Gasteiger partial charge >= 0.3 is 0 Å². The second-order valence-electron chi connectivity index (χ2n) is 5.22. The van der Waals surface area contributed by atoms with Crippen LogP contribution in [0.15, 0.2) is 24.3 Å². The monoisotopic (exact) mass is 270 g/mol. The van der Waals surface area contributed by atoms with Crippen LogP contribution in [0.5, 0.6) is 0 Å². The van der Waals surface area contributed by atoms with Crippen LogP contribution in [0.3, 0.4) is 0 Å². The SMILES string of the molecule is NCC#Cc1ccccc1CNC(=O)C1CCCCC1. The van der Waals surface area contributed by atoms with Crippen molar-refractivity contribution in [2.24, 2.45) is 11.7 Å². The zero-order chi connectivity index (χ0) is 14.2. The highest BCUT2D eigenvalue weighted by Gasteiger charge is 2.20. The largest absolute Gasteiger partial charge is 0.352 e. The lowest BCUT2D eigenvalue weighted by Crippen LogP contribution is -2.31. The van der Waals surface area contributed by atoms with Crippen molar-refractivity contribution in [2.45, 2.75) is 38.6 Å². The molecule has 0 aliphatic heterocycles. The summed E-state index contributed by atoms with van der Waals surface area (Å²) in [6.07, 6.45) is 5.68. The molecule has 106 valence electrons. The number of rotatable bonds is 3. The third-order valence-electron chi connectivity index (χ3n) is 3.77. The van der Waals surface area contributed by atoms with E-state index in [0.29, 0.717) is 13.1 Å². The fourth-order valence-corrected chi connectivity index (χ4v) is 2.63. The van der Waals surface area contributed by atoms with E-state index in [1.807, 2.05) is 24.3 Å². The Bertz CT molecular complexity index is 507. The minimum absolute atomic E-state index is 0.186. The van der Waals surface area contributed by atoms with Crippen molar-refractivity contribution < 1.29 is 4.79 Å². The summed E-state index contributed by atoms with van der Waals surface area (Å²) in [6, 6.07) is 7.88. The van der Waals surface area contributed by atoms with Crippen LogP contribution in [-0.2, 0) is 11.3 Å². The van der Waals surface area contributed by atoms with Crippen LogP contribution < -0.4 is 11.1 Å². The summed E-state index contributed by atoms with van der Waals surface area (Å²) in [6.45, 7) is 0.896. The highest BCUT2D eigenvalue weighted by Crippen LogP contribution is 2.23. The normalized spacial score (nSPS) is 15.2. The van der Waals surface area contributed by atoms with E-state index >= 15 is 0 Å². The predicted molar refractivity (Wildman–Crippen MR) is 80.8 cm³/mol. The number of nitrogens with one attached hydrogen (secondary N) is 1. The summed E-state index contributed by atoms with van der Waals surface area (Å²) in [5.41, 5.74) is 7.40. The first-order chi connectivity index (χ1) is 9.81. The van der Waals surface area contributed by atoms with E-state index in [9.17, 15) is 4.79 Å². The average molecular weight is 270 g/mol. The standard InChI is InChI=1S/C17H22N2O/c18-12-6-11-14-7-4-5-10-16(14)13-19-17(20)15-8-2-1-3-9-15/h4-5,7,10,15H,1-3,8-9,12-13,18H2,(H,19,20). The molecule has 3 nitrogen and oxygen atoms in total. The Kier molecular flexibility index (Phi) is 5.64. The van der Waals surface area contributed by atoms with Crippen molar-refractivity contribution in [2.75, 3.05) is 6.54 Å². The van der Waals surface area contributed by atoms with Gasteiger partial charge in [0.05, 0.1) is 6.54 Å². The van der Waals surface area contributed by atoms with Crippen molar-refractivity contribution >= 4 is 5.91 Å². The first-order valence-electron chi connectivity index (χ1n) is 7.36. The van der Waals surface area contributed by atoms with E-state index in [0.717, 1.165) is 24.0 Å². The minimum Gasteiger partial charge on any atom is -0.352 e. The second kappa shape index (κ2) is 7.72. The molecule has 0 aromatic heterocycles. The van der Waals surface area contributed by atoms with Gasteiger partial charge in [0.15, 0.2) is 0 Å². The third-order valence-corrected chi connectivity index (χ3v) is 3.77. The van der Waals surface area contributed by atoms with Crippen molar-refractivity contribution in [3.63, 3.8) is 0 Å². The lowest BCUT2D eigenvalue weighted by Gasteiger charge is -2.20. The van der Waals surface area contributed by atoms with Crippen LogP contribution in [0.4, 0.5) is 0 Å². The molecule has 2 rings (SSSR count). The molecule has 20 heavy (non-hydrogen) atoms. The van der Waals surface area contributed by atoms with Crippen molar-refractivity contribution in [3.05, 3.63) is 35.4 Å². The van der Waals surface area contributed by atoms with Gasteiger partial charge in [-0.2, -0.15) is 0 Å². The molecular weight excluding hydrogens is 248 g/mol. The van der Waals surface area contributed by atoms with E-state index in [4.69, 9.17) is 5.73 Å². The fourth-order valence-electron chi connectivity index (χ4n) is 2.63. The highest BCUT2D eigenvalue weighted by atomic mass is 16.1. The molecule has 1 saturated carbocycles. The van der Waals surface area contributed by atoms with Crippen LogP contribution in [0.1, 0.15) is 43.2 Å². The van der Waals surface area contributed by atoms with Gasteiger partial charge in [0.2, 0.25) is 5.91 Å². The Labute approximate surface area is 120 Å². The molecule has 3 N–H and O–H groups in total. The summed E-state index contributed by atoms with van der Waals surface area (Å²) < 4.78 is 0. The summed E-state index contributed by atoms with van der Waals surface area (Å²) >= 11 is 0. The Morgan fingerprint density at radius 1 is 1.25 bits per heavy atom. The zero-order valence-corrected chi connectivity index (χ0v) is 11.8. The van der Waals surface area contributed by atoms with Gasteiger partial charge in [0.25, 0.3) is 0 Å². The molecule has 3 heteroatoms. The molecular formula is C17H22N2O. The highest BCUT2D eigenvalue weighted by molar-refractivity contribution is 5.78. The second-order valence-corrected chi connectivity index (χ2v) is 5.22. The van der Waals surface area contributed by atoms with E-state index in [2.05, 4.69) is 17.2 Å². The van der Waals surface area contributed by atoms with E-state index in [1.165, 1.54) is 19.3 Å². The maximum absolute atomic E-state index is 12.1. The third kappa shape index (κ3) is 4.11. The number of amides is 1. The number of nitrogens with two attached hydrogens (primary N) is 1. The van der Waals surface area contributed by atoms with Gasteiger partial charge in [-0.05, 0) is 24.5 Å². The van der Waals surface area contributed by atoms with Crippen molar-refractivity contribution in [3.8, 4) is 11.8 Å². The van der Waals surface area contributed by atoms with Crippen LogP contribution in [0, 0.1) is 17.8 Å². The quantitative estimate of drug-likeness (QED) is 0.827. The molecule has 0 heterocycles. The zero-order valence-electron chi connectivity index (χ0n) is 11.8. The number of carbonyl (C=O) groups excluding carboxylic acids is 1. The van der Waals surface area contributed by atoms with Crippen molar-refractivity contribution in [1.29, 1.82) is 0 Å². The van der Waals surface area contributed by atoms with Crippen molar-refractivity contribution in [1.82, 2.24) is 5.32 Å². The molecule has 1 aromatic rings. The van der Waals surface area contributed by atoms with E-state index in [-0.39, 0.29) is 11.8 Å². The number of carbonyl (C=O) groups is 1. The van der Waals surface area contributed by atoms with Gasteiger partial charge in [0.1, 0.15) is 0 Å². The summed E-state index contributed by atoms with van der Waals surface area (Å²) in [7, 11) is 0. The Hall–Kier alpha value is -1.79. The molecule has 1 aliphatic carbocycles. The predicted octanol–water partition coefficient (Wildman–Crippen LogP) is 2.19. The van der Waals surface area contributed by atoms with Crippen LogP contribution in [0.25, 0.3) is 0 Å². The first-order valence-corrected chi connectivity index (χ1v) is 7.36. The fraction of sp³-hybridized carbons (Fsp3) is 0.471. The summed E-state index contributed by atoms with van der Waals surface area (Å²) in [5, 5.41) is 3.05. The lowest BCUT2D eigenvalue weighted by atomic mass is 9.88. The molecule has 1 fully saturated rings. The molecule has 0 bridgehead atoms. The molecule has 1 aromatic carbocycles. The molecule has 0 atom stereocenters. The molecule has 0 saturated heterocycles. The van der Waals surface area contributed by atoms with Crippen LogP contribution >= 0.6 is 0 Å². The molecule has 0 radical (unpaired) electrons. The summed E-state index contributed by atoms with van der Waals surface area (Å²) in [5.74, 6) is 6.30. The maximum Gasteiger partial charge on any atom is 0.223 e. The maximum atomic E-state index is 12.1.